The standard InChI is InChI=1S/C45H65N7O11S/c1-8-61-42(58)36-22-16-24-52(36)41(57)34(25-31-17-11-9-12-18-31)49-39(55)35(27-64-28-47-30(4)53)50-38(54)33(21-15-23-46-43(59)62-26-32-19-13-10-14-20-32)48-40(56)37(29(2)3)51-44(60)63-45(5,6)7/h9-14,17-20,29,33-37H,8,15-16,21-28H2,1-7H3,(H,46,59)(H,47,53)(H,48,56)(H,49,55)(H,50,54)(H,51,60)/t33-,34+,35-,36-,37-/m0/s1. The van der Waals surface area contributed by atoms with Crippen molar-refractivity contribution in [3.8, 4) is 0 Å². The minimum Gasteiger partial charge on any atom is -0.464 e. The average molecular weight is 912 g/mol. The van der Waals surface area contributed by atoms with Crippen LogP contribution in [-0.4, -0.2) is 120 Å². The van der Waals surface area contributed by atoms with Gasteiger partial charge in [0.05, 0.1) is 12.5 Å². The summed E-state index contributed by atoms with van der Waals surface area (Å²) in [7, 11) is 0. The summed E-state index contributed by atoms with van der Waals surface area (Å²) in [4.78, 5) is 108. The fourth-order valence-electron chi connectivity index (χ4n) is 6.59. The first kappa shape index (κ1) is 52.5. The third-order valence-corrected chi connectivity index (χ3v) is 10.7. The number of likely N-dealkylation sites (tertiary alicyclic amines) is 1. The number of esters is 1. The van der Waals surface area contributed by atoms with E-state index in [2.05, 4.69) is 31.9 Å². The van der Waals surface area contributed by atoms with E-state index < -0.39 is 83.5 Å². The molecule has 3 rings (SSSR count). The van der Waals surface area contributed by atoms with Gasteiger partial charge in [-0.1, -0.05) is 74.5 Å². The maximum atomic E-state index is 14.3. The summed E-state index contributed by atoms with van der Waals surface area (Å²) in [6, 6.07) is 12.4. The molecule has 0 saturated carbocycles. The molecule has 64 heavy (non-hydrogen) atoms. The molecule has 1 aliphatic heterocycles. The van der Waals surface area contributed by atoms with Crippen LogP contribution in [0.5, 0.6) is 0 Å². The Bertz CT molecular complexity index is 1860. The summed E-state index contributed by atoms with van der Waals surface area (Å²) >= 11 is 1.13. The number of thioether (sulfide) groups is 1. The number of alkyl carbamates (subject to hydrolysis) is 2. The largest absolute Gasteiger partial charge is 0.464 e. The van der Waals surface area contributed by atoms with Crippen LogP contribution in [0.3, 0.4) is 0 Å². The monoisotopic (exact) mass is 911 g/mol. The van der Waals surface area contributed by atoms with Crippen molar-refractivity contribution in [2.45, 2.75) is 123 Å². The van der Waals surface area contributed by atoms with Gasteiger partial charge in [0.2, 0.25) is 29.5 Å². The summed E-state index contributed by atoms with van der Waals surface area (Å²) in [6.45, 7) is 12.0. The van der Waals surface area contributed by atoms with Crippen molar-refractivity contribution in [3.63, 3.8) is 0 Å². The highest BCUT2D eigenvalue weighted by atomic mass is 32.2. The van der Waals surface area contributed by atoms with Gasteiger partial charge in [0.15, 0.2) is 0 Å². The highest BCUT2D eigenvalue weighted by Gasteiger charge is 2.40. The third kappa shape index (κ3) is 18.9. The molecule has 1 saturated heterocycles. The molecule has 1 fully saturated rings. The highest BCUT2D eigenvalue weighted by molar-refractivity contribution is 7.99. The number of carbonyl (C=O) groups is 8. The van der Waals surface area contributed by atoms with Crippen LogP contribution in [0.4, 0.5) is 9.59 Å². The predicted molar refractivity (Wildman–Crippen MR) is 240 cm³/mol. The maximum absolute atomic E-state index is 14.3. The summed E-state index contributed by atoms with van der Waals surface area (Å²) in [6.07, 6.45) is -0.358. The van der Waals surface area contributed by atoms with Crippen molar-refractivity contribution in [3.05, 3.63) is 71.8 Å². The maximum Gasteiger partial charge on any atom is 0.408 e. The zero-order valence-corrected chi connectivity index (χ0v) is 38.7. The van der Waals surface area contributed by atoms with E-state index in [4.69, 9.17) is 14.2 Å². The minimum absolute atomic E-state index is 0.0273. The van der Waals surface area contributed by atoms with Crippen molar-refractivity contribution in [2.75, 3.05) is 31.3 Å². The van der Waals surface area contributed by atoms with Gasteiger partial charge in [-0.15, -0.1) is 11.8 Å². The smallest absolute Gasteiger partial charge is 0.408 e. The summed E-state index contributed by atoms with van der Waals surface area (Å²) in [5.41, 5.74) is 0.668. The second kappa shape index (κ2) is 26.7. The van der Waals surface area contributed by atoms with Gasteiger partial charge < -0.3 is 51.0 Å². The van der Waals surface area contributed by atoms with Gasteiger partial charge in [-0.3, -0.25) is 24.0 Å². The van der Waals surface area contributed by atoms with Crippen molar-refractivity contribution >= 4 is 59.5 Å². The molecule has 0 aliphatic carbocycles. The van der Waals surface area contributed by atoms with Crippen LogP contribution in [-0.2, 0) is 56.0 Å². The Morgan fingerprint density at radius 2 is 1.38 bits per heavy atom. The van der Waals surface area contributed by atoms with Crippen molar-refractivity contribution in [2.24, 2.45) is 5.92 Å². The molecule has 0 radical (unpaired) electrons. The Balaban J connectivity index is 1.88. The van der Waals surface area contributed by atoms with Gasteiger partial charge >= 0.3 is 18.2 Å². The van der Waals surface area contributed by atoms with E-state index in [-0.39, 0.29) is 63.1 Å². The molecule has 1 aliphatic rings. The van der Waals surface area contributed by atoms with Crippen LogP contribution in [0.1, 0.15) is 85.3 Å². The fourth-order valence-corrected chi connectivity index (χ4v) is 7.49. The molecule has 0 aromatic heterocycles. The van der Waals surface area contributed by atoms with Crippen LogP contribution >= 0.6 is 11.8 Å². The quantitative estimate of drug-likeness (QED) is 0.0408. The number of benzene rings is 2. The molecule has 6 N–H and O–H groups in total. The van der Waals surface area contributed by atoms with E-state index >= 15 is 0 Å². The van der Waals surface area contributed by atoms with E-state index in [0.29, 0.717) is 12.8 Å². The number of rotatable bonds is 23. The van der Waals surface area contributed by atoms with E-state index in [9.17, 15) is 38.4 Å². The lowest BCUT2D eigenvalue weighted by atomic mass is 10.0. The SMILES string of the molecule is CCOC(=O)[C@@H]1CCCN1C(=O)[C@@H](Cc1ccccc1)NC(=O)[C@H](CSCNC(C)=O)NC(=O)[C@H](CCCNC(=O)OCc1ccccc1)NC(=O)[C@@H](NC(=O)OC(C)(C)C)C(C)C. The van der Waals surface area contributed by atoms with Gasteiger partial charge in [0.25, 0.3) is 0 Å². The van der Waals surface area contributed by atoms with Crippen LogP contribution in [0.2, 0.25) is 0 Å². The van der Waals surface area contributed by atoms with E-state index in [1.807, 2.05) is 36.4 Å². The molecular weight excluding hydrogens is 847 g/mol. The van der Waals surface area contributed by atoms with Crippen molar-refractivity contribution in [1.29, 1.82) is 0 Å². The highest BCUT2D eigenvalue weighted by Crippen LogP contribution is 2.21. The Morgan fingerprint density at radius 1 is 0.766 bits per heavy atom. The van der Waals surface area contributed by atoms with Crippen LogP contribution in [0.15, 0.2) is 60.7 Å². The number of ether oxygens (including phenoxy) is 3. The molecule has 18 nitrogen and oxygen atoms in total. The topological polar surface area (TPSA) is 240 Å². The molecule has 7 amide bonds. The molecule has 0 spiro atoms. The molecule has 0 unspecified atom stereocenters. The average Bonchev–Trinajstić information content (AvgIpc) is 3.74. The molecule has 5 atom stereocenters. The zero-order valence-electron chi connectivity index (χ0n) is 37.9. The van der Waals surface area contributed by atoms with Crippen LogP contribution in [0, 0.1) is 5.92 Å². The third-order valence-electron chi connectivity index (χ3n) is 9.74. The fraction of sp³-hybridized carbons (Fsp3) is 0.556. The first-order valence-corrected chi connectivity index (χ1v) is 22.7. The van der Waals surface area contributed by atoms with E-state index in [0.717, 1.165) is 22.9 Å². The first-order chi connectivity index (χ1) is 30.4. The van der Waals surface area contributed by atoms with Gasteiger partial charge in [-0.2, -0.15) is 0 Å². The number of amides is 7. The van der Waals surface area contributed by atoms with E-state index in [1.54, 1.807) is 65.8 Å². The first-order valence-electron chi connectivity index (χ1n) is 21.6. The molecule has 19 heteroatoms. The molecule has 2 aromatic rings. The summed E-state index contributed by atoms with van der Waals surface area (Å²) in [5, 5.41) is 16.1. The lowest BCUT2D eigenvalue weighted by Gasteiger charge is -2.30. The number of nitrogens with zero attached hydrogens (tertiary/aromatic N) is 1. The van der Waals surface area contributed by atoms with Crippen molar-refractivity contribution in [1.82, 2.24) is 36.8 Å². The molecular formula is C45H65N7O11S. The Hall–Kier alpha value is -5.85. The number of hydrogen-bond acceptors (Lipinski definition) is 12. The lowest BCUT2D eigenvalue weighted by Crippen LogP contribution is -2.60. The number of hydrogen-bond donors (Lipinski definition) is 6. The summed E-state index contributed by atoms with van der Waals surface area (Å²) in [5.74, 6) is -3.97. The van der Waals surface area contributed by atoms with E-state index in [1.165, 1.54) is 11.8 Å². The Kier molecular flexibility index (Phi) is 21.9. The van der Waals surface area contributed by atoms with Gasteiger partial charge in [-0.05, 0) is 70.4 Å². The Morgan fingerprint density at radius 3 is 1.98 bits per heavy atom. The molecule has 2 aromatic carbocycles. The van der Waals surface area contributed by atoms with Gasteiger partial charge in [0, 0.05) is 32.2 Å². The Labute approximate surface area is 379 Å². The second-order valence-corrected chi connectivity index (χ2v) is 17.6. The molecule has 0 bridgehead atoms. The lowest BCUT2D eigenvalue weighted by molar-refractivity contribution is -0.153. The number of carbonyl (C=O) groups excluding carboxylic acids is 8. The zero-order chi connectivity index (χ0) is 47.2. The van der Waals surface area contributed by atoms with Crippen LogP contribution in [0.25, 0.3) is 0 Å². The summed E-state index contributed by atoms with van der Waals surface area (Å²) < 4.78 is 15.9. The van der Waals surface area contributed by atoms with Gasteiger partial charge in [0.1, 0.15) is 42.4 Å². The molecule has 352 valence electrons. The number of nitrogens with one attached hydrogen (secondary N) is 6. The normalized spacial score (nSPS) is 15.4. The van der Waals surface area contributed by atoms with Crippen LogP contribution < -0.4 is 31.9 Å². The van der Waals surface area contributed by atoms with Crippen molar-refractivity contribution < 1.29 is 52.6 Å². The molecule has 1 heterocycles. The minimum atomic E-state index is -1.30. The second-order valence-electron chi connectivity index (χ2n) is 16.6. The van der Waals surface area contributed by atoms with Gasteiger partial charge in [-0.25, -0.2) is 14.4 Å². The predicted octanol–water partition coefficient (Wildman–Crippen LogP) is 3.32.